The number of aromatic nitrogens is 2. The van der Waals surface area contributed by atoms with Crippen molar-refractivity contribution in [2.45, 2.75) is 6.42 Å². The molecule has 1 aromatic heterocycles. The quantitative estimate of drug-likeness (QED) is 0.630. The third kappa shape index (κ3) is 2.91. The Morgan fingerprint density at radius 3 is 3.00 bits per heavy atom. The zero-order valence-corrected chi connectivity index (χ0v) is 9.29. The summed E-state index contributed by atoms with van der Waals surface area (Å²) in [7, 11) is 0. The van der Waals surface area contributed by atoms with Crippen LogP contribution in [0.5, 0.6) is 0 Å². The van der Waals surface area contributed by atoms with Gasteiger partial charge < -0.3 is 5.32 Å². The number of rotatable bonds is 4. The van der Waals surface area contributed by atoms with E-state index in [2.05, 4.69) is 15.5 Å². The molecular formula is C11H10N4O3. The summed E-state index contributed by atoms with van der Waals surface area (Å²) >= 11 is 0. The summed E-state index contributed by atoms with van der Waals surface area (Å²) in [5, 5.41) is 19.5. The van der Waals surface area contributed by atoms with E-state index in [0.29, 0.717) is 11.3 Å². The van der Waals surface area contributed by atoms with Crippen molar-refractivity contribution in [1.82, 2.24) is 10.2 Å². The molecule has 0 aliphatic carbocycles. The van der Waals surface area contributed by atoms with Gasteiger partial charge in [0.25, 0.3) is 5.69 Å². The molecule has 2 aromatic rings. The predicted molar refractivity (Wildman–Crippen MR) is 64.0 cm³/mol. The Labute approximate surface area is 102 Å². The fourth-order valence-corrected chi connectivity index (χ4v) is 1.49. The van der Waals surface area contributed by atoms with Crippen molar-refractivity contribution in [3.63, 3.8) is 0 Å². The minimum absolute atomic E-state index is 0.0244. The second-order valence-electron chi connectivity index (χ2n) is 3.64. The maximum absolute atomic E-state index is 11.6. The molecule has 2 N–H and O–H groups in total. The lowest BCUT2D eigenvalue weighted by molar-refractivity contribution is -0.384. The molecule has 0 saturated heterocycles. The highest BCUT2D eigenvalue weighted by molar-refractivity contribution is 5.92. The van der Waals surface area contributed by atoms with E-state index < -0.39 is 4.92 Å². The van der Waals surface area contributed by atoms with Crippen molar-refractivity contribution in [3.8, 4) is 0 Å². The minimum Gasteiger partial charge on any atom is -0.323 e. The van der Waals surface area contributed by atoms with Crippen LogP contribution in [-0.4, -0.2) is 21.0 Å². The monoisotopic (exact) mass is 246 g/mol. The van der Waals surface area contributed by atoms with Crippen LogP contribution in [0.25, 0.3) is 0 Å². The second-order valence-corrected chi connectivity index (χ2v) is 3.64. The van der Waals surface area contributed by atoms with Gasteiger partial charge >= 0.3 is 0 Å². The van der Waals surface area contributed by atoms with E-state index >= 15 is 0 Å². The number of non-ortho nitro benzene ring substituents is 1. The maximum atomic E-state index is 11.6. The van der Waals surface area contributed by atoms with Crippen LogP contribution in [0.1, 0.15) is 5.56 Å². The first-order valence-corrected chi connectivity index (χ1v) is 5.17. The van der Waals surface area contributed by atoms with Crippen LogP contribution < -0.4 is 5.32 Å². The fourth-order valence-electron chi connectivity index (χ4n) is 1.49. The molecule has 0 bridgehead atoms. The largest absolute Gasteiger partial charge is 0.323 e. The highest BCUT2D eigenvalue weighted by atomic mass is 16.6. The molecule has 0 spiro atoms. The summed E-state index contributed by atoms with van der Waals surface area (Å²) in [6.07, 6.45) is 3.10. The van der Waals surface area contributed by atoms with Crippen molar-refractivity contribution in [1.29, 1.82) is 0 Å². The van der Waals surface area contributed by atoms with Gasteiger partial charge in [0.1, 0.15) is 0 Å². The topological polar surface area (TPSA) is 101 Å². The molecule has 0 fully saturated rings. The summed E-state index contributed by atoms with van der Waals surface area (Å²) < 4.78 is 0. The number of aromatic amines is 1. The van der Waals surface area contributed by atoms with Gasteiger partial charge in [0.2, 0.25) is 5.91 Å². The summed E-state index contributed by atoms with van der Waals surface area (Å²) in [5.41, 5.74) is 1.12. The molecule has 0 radical (unpaired) electrons. The molecule has 0 unspecified atom stereocenters. The smallest absolute Gasteiger partial charge is 0.269 e. The molecule has 0 saturated carbocycles. The van der Waals surface area contributed by atoms with Crippen molar-refractivity contribution < 1.29 is 9.72 Å². The molecule has 1 heterocycles. The number of nitro groups is 1. The highest BCUT2D eigenvalue weighted by Gasteiger charge is 2.09. The Morgan fingerprint density at radius 2 is 2.33 bits per heavy atom. The molecule has 18 heavy (non-hydrogen) atoms. The van der Waals surface area contributed by atoms with Gasteiger partial charge in [-0.05, 0) is 5.56 Å². The average Bonchev–Trinajstić information content (AvgIpc) is 2.82. The number of amides is 1. The number of hydrogen-bond donors (Lipinski definition) is 2. The van der Waals surface area contributed by atoms with E-state index in [0.717, 1.165) is 0 Å². The Morgan fingerprint density at radius 1 is 1.50 bits per heavy atom. The number of nitrogens with zero attached hydrogens (tertiary/aromatic N) is 2. The number of carbonyl (C=O) groups excluding carboxylic acids is 1. The molecule has 92 valence electrons. The van der Waals surface area contributed by atoms with Crippen LogP contribution in [0, 0.1) is 10.1 Å². The third-order valence-corrected chi connectivity index (χ3v) is 2.27. The number of hydrogen-bond acceptors (Lipinski definition) is 4. The van der Waals surface area contributed by atoms with Gasteiger partial charge in [-0.2, -0.15) is 5.10 Å². The van der Waals surface area contributed by atoms with Crippen LogP contribution in [0.3, 0.4) is 0 Å². The van der Waals surface area contributed by atoms with Crippen LogP contribution >= 0.6 is 0 Å². The Hall–Kier alpha value is -2.70. The number of carbonyl (C=O) groups is 1. The first-order chi connectivity index (χ1) is 8.65. The van der Waals surface area contributed by atoms with Crippen molar-refractivity contribution >= 4 is 17.3 Å². The zero-order valence-electron chi connectivity index (χ0n) is 9.29. The van der Waals surface area contributed by atoms with Crippen molar-refractivity contribution in [3.05, 3.63) is 52.3 Å². The summed E-state index contributed by atoms with van der Waals surface area (Å²) in [5.74, 6) is -0.253. The number of H-pyrrole nitrogens is 1. The first-order valence-electron chi connectivity index (χ1n) is 5.17. The van der Waals surface area contributed by atoms with Crippen LogP contribution in [0.4, 0.5) is 11.4 Å². The lowest BCUT2D eigenvalue weighted by Gasteiger charge is -2.02. The molecule has 7 nitrogen and oxygen atoms in total. The lowest BCUT2D eigenvalue weighted by atomic mass is 10.1. The van der Waals surface area contributed by atoms with Crippen LogP contribution in [0.2, 0.25) is 0 Å². The van der Waals surface area contributed by atoms with E-state index in [1.807, 2.05) is 0 Å². The molecule has 0 aliphatic heterocycles. The Kier molecular flexibility index (Phi) is 3.33. The lowest BCUT2D eigenvalue weighted by Crippen LogP contribution is -2.13. The molecule has 0 aliphatic rings. The van der Waals surface area contributed by atoms with Gasteiger partial charge in [0.15, 0.2) is 0 Å². The van der Waals surface area contributed by atoms with E-state index in [1.165, 1.54) is 18.3 Å². The average molecular weight is 246 g/mol. The van der Waals surface area contributed by atoms with E-state index in [4.69, 9.17) is 0 Å². The summed E-state index contributed by atoms with van der Waals surface area (Å²) in [6.45, 7) is 0. The molecule has 1 amide bonds. The highest BCUT2D eigenvalue weighted by Crippen LogP contribution is 2.14. The van der Waals surface area contributed by atoms with Gasteiger partial charge in [-0.25, -0.2) is 0 Å². The Balaban J connectivity index is 2.03. The zero-order chi connectivity index (χ0) is 13.0. The van der Waals surface area contributed by atoms with Crippen LogP contribution in [0.15, 0.2) is 36.7 Å². The third-order valence-electron chi connectivity index (χ3n) is 2.27. The molecule has 0 atom stereocenters. The first kappa shape index (κ1) is 11.8. The Bertz CT molecular complexity index is 565. The van der Waals surface area contributed by atoms with Crippen LogP contribution in [-0.2, 0) is 11.2 Å². The predicted octanol–water partition coefficient (Wildman–Crippen LogP) is 1.50. The van der Waals surface area contributed by atoms with E-state index in [9.17, 15) is 14.9 Å². The van der Waals surface area contributed by atoms with E-state index in [-0.39, 0.29) is 18.0 Å². The number of nitrogens with one attached hydrogen (secondary N) is 2. The number of anilines is 1. The number of nitro benzene ring substituents is 1. The minimum atomic E-state index is -0.489. The van der Waals surface area contributed by atoms with Crippen molar-refractivity contribution in [2.75, 3.05) is 5.32 Å². The van der Waals surface area contributed by atoms with Gasteiger partial charge in [0, 0.05) is 18.3 Å². The van der Waals surface area contributed by atoms with Gasteiger partial charge in [-0.15, -0.1) is 0 Å². The standard InChI is InChI=1S/C11H10N4O3/c16-11(14-9-6-12-13-7-9)5-8-2-1-3-10(4-8)15(17)18/h1-4,6-7H,5H2,(H,12,13)(H,14,16). The normalized spacial score (nSPS) is 10.0. The number of benzene rings is 1. The second kappa shape index (κ2) is 5.09. The summed E-state index contributed by atoms with van der Waals surface area (Å²) in [6, 6.07) is 5.99. The molecule has 2 rings (SSSR count). The molecular weight excluding hydrogens is 236 g/mol. The molecule has 1 aromatic carbocycles. The van der Waals surface area contributed by atoms with E-state index in [1.54, 1.807) is 18.3 Å². The summed E-state index contributed by atoms with van der Waals surface area (Å²) in [4.78, 5) is 21.7. The molecule has 7 heteroatoms. The van der Waals surface area contributed by atoms with Gasteiger partial charge in [0.05, 0.1) is 23.2 Å². The van der Waals surface area contributed by atoms with Gasteiger partial charge in [-0.1, -0.05) is 12.1 Å². The van der Waals surface area contributed by atoms with Crippen molar-refractivity contribution in [2.24, 2.45) is 0 Å². The fraction of sp³-hybridized carbons (Fsp3) is 0.0909. The maximum Gasteiger partial charge on any atom is 0.269 e. The SMILES string of the molecule is O=C(Cc1cccc([N+](=O)[O-])c1)Nc1cn[nH]c1. The van der Waals surface area contributed by atoms with Gasteiger partial charge in [-0.3, -0.25) is 20.0 Å².